The van der Waals surface area contributed by atoms with Gasteiger partial charge in [-0.05, 0) is 75.1 Å². The summed E-state index contributed by atoms with van der Waals surface area (Å²) in [5.41, 5.74) is 1.95. The molecule has 1 aliphatic carbocycles. The van der Waals surface area contributed by atoms with Crippen LogP contribution in [-0.2, 0) is 28.9 Å². The molecule has 0 aliphatic heterocycles. The highest BCUT2D eigenvalue weighted by molar-refractivity contribution is 8.00. The van der Waals surface area contributed by atoms with Gasteiger partial charge in [0, 0.05) is 10.6 Å². The summed E-state index contributed by atoms with van der Waals surface area (Å²) in [4.78, 5) is 39.4. The fourth-order valence-corrected chi connectivity index (χ4v) is 6.50. The van der Waals surface area contributed by atoms with Crippen LogP contribution in [0.25, 0.3) is 5.69 Å². The maximum Gasteiger partial charge on any atom is 0.341 e. The zero-order valence-electron chi connectivity index (χ0n) is 21.7. The van der Waals surface area contributed by atoms with Crippen molar-refractivity contribution in [2.75, 3.05) is 11.9 Å². The molecule has 4 aromatic rings. The number of anilines is 1. The fourth-order valence-electron chi connectivity index (χ4n) is 4.33. The van der Waals surface area contributed by atoms with E-state index in [1.54, 1.807) is 36.6 Å². The topological polar surface area (TPSA) is 128 Å². The molecule has 0 bridgehead atoms. The van der Waals surface area contributed by atoms with E-state index in [0.717, 1.165) is 41.5 Å². The molecule has 13 heteroatoms. The number of benzene rings is 1. The van der Waals surface area contributed by atoms with E-state index in [2.05, 4.69) is 20.8 Å². The van der Waals surface area contributed by atoms with Crippen LogP contribution in [0.1, 0.15) is 57.4 Å². The first-order valence-corrected chi connectivity index (χ1v) is 14.4. The molecular formula is C27H26FN5O5S2. The average Bonchev–Trinajstić information content (AvgIpc) is 3.73. The Morgan fingerprint density at radius 3 is 2.73 bits per heavy atom. The molecular weight excluding hydrogens is 557 g/mol. The fraction of sp³-hybridized carbons (Fsp3) is 0.296. The highest BCUT2D eigenvalue weighted by Crippen LogP contribution is 2.40. The molecule has 2 amide bonds. The number of halogens is 1. The van der Waals surface area contributed by atoms with E-state index in [0.29, 0.717) is 27.2 Å². The van der Waals surface area contributed by atoms with Crippen molar-refractivity contribution in [3.8, 4) is 5.69 Å². The number of nitrogens with one attached hydrogen (secondary N) is 2. The Balaban J connectivity index is 1.36. The molecule has 1 unspecified atom stereocenters. The van der Waals surface area contributed by atoms with Gasteiger partial charge in [0.1, 0.15) is 10.8 Å². The minimum absolute atomic E-state index is 0.00863. The van der Waals surface area contributed by atoms with E-state index in [9.17, 15) is 18.8 Å². The second-order valence-corrected chi connectivity index (χ2v) is 11.3. The van der Waals surface area contributed by atoms with Crippen LogP contribution in [0, 0.1) is 5.82 Å². The van der Waals surface area contributed by atoms with E-state index in [4.69, 9.17) is 9.15 Å². The molecule has 3 aromatic heterocycles. The molecule has 1 atom stereocenters. The molecule has 1 aliphatic rings. The van der Waals surface area contributed by atoms with E-state index >= 15 is 0 Å². The molecule has 40 heavy (non-hydrogen) atoms. The summed E-state index contributed by atoms with van der Waals surface area (Å²) < 4.78 is 25.7. The number of thiophene rings is 1. The smallest absolute Gasteiger partial charge is 0.341 e. The first-order valence-electron chi connectivity index (χ1n) is 12.7. The van der Waals surface area contributed by atoms with Crippen LogP contribution in [0.3, 0.4) is 0 Å². The highest BCUT2D eigenvalue weighted by Gasteiger charge is 2.30. The summed E-state index contributed by atoms with van der Waals surface area (Å²) >= 11 is 2.56. The number of fused-ring (bicyclic) bond motifs is 1. The lowest BCUT2D eigenvalue weighted by Crippen LogP contribution is -2.25. The molecule has 0 spiro atoms. The lowest BCUT2D eigenvalue weighted by molar-refractivity contribution is -0.115. The third-order valence-electron chi connectivity index (χ3n) is 6.23. The summed E-state index contributed by atoms with van der Waals surface area (Å²) in [7, 11) is 0. The number of carbonyl (C=O) groups excluding carboxylic acids is 3. The Bertz CT molecular complexity index is 1530. The van der Waals surface area contributed by atoms with Crippen LogP contribution in [0.15, 0.2) is 52.2 Å². The molecule has 2 N–H and O–H groups in total. The number of amides is 2. The van der Waals surface area contributed by atoms with Gasteiger partial charge in [0.2, 0.25) is 5.91 Å². The summed E-state index contributed by atoms with van der Waals surface area (Å²) in [6.45, 7) is 3.71. The first-order chi connectivity index (χ1) is 19.4. The summed E-state index contributed by atoms with van der Waals surface area (Å²) in [6, 6.07) is 8.87. The van der Waals surface area contributed by atoms with Crippen LogP contribution in [0.5, 0.6) is 0 Å². The molecule has 5 rings (SSSR count). The Hall–Kier alpha value is -3.97. The zero-order chi connectivity index (χ0) is 28.2. The third-order valence-corrected chi connectivity index (χ3v) is 8.48. The highest BCUT2D eigenvalue weighted by atomic mass is 32.2. The number of nitrogens with zero attached hydrogens (tertiary/aromatic N) is 3. The van der Waals surface area contributed by atoms with E-state index < -0.39 is 22.9 Å². The molecule has 10 nitrogen and oxygen atoms in total. The number of ether oxygens (including phenoxy) is 1. The van der Waals surface area contributed by atoms with Crippen molar-refractivity contribution in [2.45, 2.75) is 50.1 Å². The van der Waals surface area contributed by atoms with Crippen molar-refractivity contribution in [2.24, 2.45) is 0 Å². The number of hydrogen-bond acceptors (Lipinski definition) is 9. The first kappa shape index (κ1) is 27.6. The number of rotatable bonds is 10. The van der Waals surface area contributed by atoms with E-state index in [1.807, 2.05) is 0 Å². The number of esters is 1. The predicted molar refractivity (Wildman–Crippen MR) is 147 cm³/mol. The second kappa shape index (κ2) is 12.0. The monoisotopic (exact) mass is 583 g/mol. The number of carbonyl (C=O) groups is 3. The number of hydrogen-bond donors (Lipinski definition) is 2. The molecule has 0 fully saturated rings. The van der Waals surface area contributed by atoms with Crippen molar-refractivity contribution in [1.29, 1.82) is 0 Å². The SMILES string of the molecule is CCOC(=O)c1c(NC(=O)C(C)Sc2nnc(CNC(=O)c3ccco3)n2-c2ccc(F)cc2)sc2c1CCC2. The minimum Gasteiger partial charge on any atom is -0.462 e. The molecule has 208 valence electrons. The van der Waals surface area contributed by atoms with Crippen LogP contribution < -0.4 is 10.6 Å². The van der Waals surface area contributed by atoms with Crippen LogP contribution in [-0.4, -0.2) is 44.4 Å². The van der Waals surface area contributed by atoms with Gasteiger partial charge in [-0.15, -0.1) is 21.5 Å². The lowest BCUT2D eigenvalue weighted by atomic mass is 10.1. The van der Waals surface area contributed by atoms with Gasteiger partial charge in [-0.25, -0.2) is 9.18 Å². The van der Waals surface area contributed by atoms with Gasteiger partial charge < -0.3 is 19.8 Å². The van der Waals surface area contributed by atoms with Gasteiger partial charge >= 0.3 is 5.97 Å². The van der Waals surface area contributed by atoms with Gasteiger partial charge in [-0.3, -0.25) is 14.2 Å². The number of thioether (sulfide) groups is 1. The summed E-state index contributed by atoms with van der Waals surface area (Å²) in [5, 5.41) is 14.3. The zero-order valence-corrected chi connectivity index (χ0v) is 23.4. The van der Waals surface area contributed by atoms with E-state index in [1.165, 1.54) is 35.8 Å². The van der Waals surface area contributed by atoms with Crippen molar-refractivity contribution in [1.82, 2.24) is 20.1 Å². The Morgan fingerprint density at radius 1 is 1.20 bits per heavy atom. The Labute approximate surface area is 237 Å². The van der Waals surface area contributed by atoms with Crippen molar-refractivity contribution in [3.63, 3.8) is 0 Å². The quantitative estimate of drug-likeness (QED) is 0.202. The number of aromatic nitrogens is 3. The number of aryl methyl sites for hydroxylation is 1. The van der Waals surface area contributed by atoms with Crippen molar-refractivity contribution >= 4 is 45.9 Å². The summed E-state index contributed by atoms with van der Waals surface area (Å²) in [5.74, 6) is -1.07. The Kier molecular flexibility index (Phi) is 8.31. The van der Waals surface area contributed by atoms with Crippen LogP contribution in [0.4, 0.5) is 9.39 Å². The average molecular weight is 584 g/mol. The minimum atomic E-state index is -0.638. The lowest BCUT2D eigenvalue weighted by Gasteiger charge is -2.14. The van der Waals surface area contributed by atoms with Crippen LogP contribution >= 0.6 is 23.1 Å². The summed E-state index contributed by atoms with van der Waals surface area (Å²) in [6.07, 6.45) is 4.01. The largest absolute Gasteiger partial charge is 0.462 e. The van der Waals surface area contributed by atoms with Gasteiger partial charge in [0.05, 0.1) is 30.2 Å². The third kappa shape index (κ3) is 5.80. The van der Waals surface area contributed by atoms with Crippen molar-refractivity contribution in [3.05, 3.63) is 76.1 Å². The standard InChI is InChI=1S/C27H26FN5O5S2/c1-3-37-26(36)22-18-6-4-8-20(18)40-25(22)30-23(34)15(2)39-27-32-31-21(14-29-24(35)19-7-5-13-38-19)33(27)17-11-9-16(28)10-12-17/h5,7,9-13,15H,3-4,6,8,14H2,1-2H3,(H,29,35)(H,30,34). The molecule has 1 aromatic carbocycles. The van der Waals surface area contributed by atoms with Crippen molar-refractivity contribution < 1.29 is 27.9 Å². The molecule has 0 saturated heterocycles. The number of furan rings is 1. The van der Waals surface area contributed by atoms with Crippen LogP contribution in [0.2, 0.25) is 0 Å². The van der Waals surface area contributed by atoms with E-state index in [-0.39, 0.29) is 24.8 Å². The van der Waals surface area contributed by atoms with Gasteiger partial charge in [-0.2, -0.15) is 0 Å². The molecule has 0 saturated carbocycles. The molecule has 3 heterocycles. The normalized spacial score (nSPS) is 13.1. The maximum atomic E-state index is 13.7. The maximum absolute atomic E-state index is 13.7. The predicted octanol–water partition coefficient (Wildman–Crippen LogP) is 4.78. The van der Waals surface area contributed by atoms with Gasteiger partial charge in [-0.1, -0.05) is 11.8 Å². The Morgan fingerprint density at radius 2 is 2.00 bits per heavy atom. The second-order valence-electron chi connectivity index (χ2n) is 8.90. The molecule has 0 radical (unpaired) electrons. The van der Waals surface area contributed by atoms with Gasteiger partial charge in [0.15, 0.2) is 16.7 Å². The van der Waals surface area contributed by atoms with Gasteiger partial charge in [0.25, 0.3) is 5.91 Å².